The number of aryl methyl sites for hydroxylation is 1. The summed E-state index contributed by atoms with van der Waals surface area (Å²) in [4.78, 5) is 14.9. The highest BCUT2D eigenvalue weighted by atomic mass is 16.5. The van der Waals surface area contributed by atoms with Crippen molar-refractivity contribution in [3.63, 3.8) is 0 Å². The summed E-state index contributed by atoms with van der Waals surface area (Å²) in [6.45, 7) is 1.86. The van der Waals surface area contributed by atoms with Crippen LogP contribution in [0.15, 0.2) is 30.4 Å². The van der Waals surface area contributed by atoms with Gasteiger partial charge in [-0.05, 0) is 50.5 Å². The van der Waals surface area contributed by atoms with Gasteiger partial charge < -0.3 is 9.84 Å². The summed E-state index contributed by atoms with van der Waals surface area (Å²) in [5.41, 5.74) is 1.39. The molecule has 0 fully saturated rings. The van der Waals surface area contributed by atoms with Gasteiger partial charge in [-0.2, -0.15) is 0 Å². The van der Waals surface area contributed by atoms with Crippen molar-refractivity contribution in [2.45, 2.75) is 32.3 Å². The van der Waals surface area contributed by atoms with Crippen LogP contribution in [0.3, 0.4) is 0 Å². The molecule has 4 heteroatoms. The molecule has 0 spiro atoms. The molecule has 1 unspecified atom stereocenters. The number of aromatic nitrogens is 1. The summed E-state index contributed by atoms with van der Waals surface area (Å²) < 4.78 is 5.88. The molecular formula is C15H17NO3. The Morgan fingerprint density at radius 2 is 2.37 bits per heavy atom. The highest BCUT2D eigenvalue weighted by Crippen LogP contribution is 2.23. The minimum absolute atomic E-state index is 0.0511. The number of allylic oxidation sites excluding steroid dienone is 1. The average Bonchev–Trinajstić information content (AvgIpc) is 2.40. The number of rotatable bonds is 4. The molecule has 0 radical (unpaired) electrons. The number of carboxylic acids is 1. The predicted molar refractivity (Wildman–Crippen MR) is 73.1 cm³/mol. The van der Waals surface area contributed by atoms with Gasteiger partial charge in [-0.15, -0.1) is 0 Å². The highest BCUT2D eigenvalue weighted by Gasteiger charge is 2.12. The molecule has 1 heterocycles. The Labute approximate surface area is 112 Å². The molecule has 0 aromatic carbocycles. The monoisotopic (exact) mass is 259 g/mol. The Hall–Kier alpha value is -2.10. The molecule has 0 aliphatic heterocycles. The van der Waals surface area contributed by atoms with Gasteiger partial charge in [0.1, 0.15) is 17.5 Å². The fourth-order valence-corrected chi connectivity index (χ4v) is 1.98. The standard InChI is InChI=1S/C15H17NO3/c1-11-7-9-14(13(16-11)8-10-15(17)18)19-12-5-3-2-4-6-12/h3,5,7-10,12H,2,4,6H2,1H3,(H,17,18)/b10-8+. The van der Waals surface area contributed by atoms with Crippen molar-refractivity contribution < 1.29 is 14.6 Å². The maximum absolute atomic E-state index is 10.6. The summed E-state index contributed by atoms with van der Waals surface area (Å²) >= 11 is 0. The van der Waals surface area contributed by atoms with Crippen molar-refractivity contribution in [1.29, 1.82) is 0 Å². The topological polar surface area (TPSA) is 59.4 Å². The van der Waals surface area contributed by atoms with Crippen LogP contribution in [0, 0.1) is 6.92 Å². The van der Waals surface area contributed by atoms with Crippen LogP contribution in [-0.2, 0) is 4.79 Å². The summed E-state index contributed by atoms with van der Waals surface area (Å²) in [7, 11) is 0. The second kappa shape index (κ2) is 6.18. The van der Waals surface area contributed by atoms with Gasteiger partial charge in [0.05, 0.1) is 0 Å². The fourth-order valence-electron chi connectivity index (χ4n) is 1.98. The first kappa shape index (κ1) is 13.3. The first-order valence-electron chi connectivity index (χ1n) is 6.37. The van der Waals surface area contributed by atoms with E-state index in [0.717, 1.165) is 31.0 Å². The van der Waals surface area contributed by atoms with Crippen LogP contribution in [0.4, 0.5) is 0 Å². The van der Waals surface area contributed by atoms with E-state index in [1.54, 1.807) is 0 Å². The van der Waals surface area contributed by atoms with Gasteiger partial charge in [0.15, 0.2) is 0 Å². The quantitative estimate of drug-likeness (QED) is 0.667. The van der Waals surface area contributed by atoms with Crippen LogP contribution in [0.25, 0.3) is 6.08 Å². The van der Waals surface area contributed by atoms with Gasteiger partial charge in [-0.3, -0.25) is 0 Å². The molecule has 100 valence electrons. The molecule has 4 nitrogen and oxygen atoms in total. The molecular weight excluding hydrogens is 242 g/mol. The van der Waals surface area contributed by atoms with Crippen molar-refractivity contribution in [2.24, 2.45) is 0 Å². The van der Waals surface area contributed by atoms with Crippen LogP contribution in [0.1, 0.15) is 30.7 Å². The number of carboxylic acid groups (broad SMARTS) is 1. The SMILES string of the molecule is Cc1ccc(OC2C=CCCC2)c(/C=C/C(=O)O)n1. The van der Waals surface area contributed by atoms with E-state index in [2.05, 4.69) is 11.1 Å². The molecule has 0 amide bonds. The predicted octanol–water partition coefficient (Wildman–Crippen LogP) is 2.98. The Bertz CT molecular complexity index is 520. The number of carbonyl (C=O) groups is 1. The number of aliphatic carboxylic acids is 1. The zero-order chi connectivity index (χ0) is 13.7. The molecule has 1 aliphatic carbocycles. The van der Waals surface area contributed by atoms with Crippen LogP contribution in [-0.4, -0.2) is 22.2 Å². The minimum Gasteiger partial charge on any atom is -0.484 e. The average molecular weight is 259 g/mol. The van der Waals surface area contributed by atoms with Gasteiger partial charge in [0.25, 0.3) is 0 Å². The molecule has 0 bridgehead atoms. The third kappa shape index (κ3) is 3.95. The normalized spacial score (nSPS) is 18.7. The zero-order valence-corrected chi connectivity index (χ0v) is 10.9. The van der Waals surface area contributed by atoms with Crippen molar-refractivity contribution in [3.05, 3.63) is 41.7 Å². The minimum atomic E-state index is -0.994. The van der Waals surface area contributed by atoms with E-state index < -0.39 is 5.97 Å². The number of hydrogen-bond acceptors (Lipinski definition) is 3. The second-order valence-corrected chi connectivity index (χ2v) is 4.52. The molecule has 1 aromatic heterocycles. The Morgan fingerprint density at radius 1 is 1.53 bits per heavy atom. The summed E-state index contributed by atoms with van der Waals surface area (Å²) in [5.74, 6) is -0.369. The second-order valence-electron chi connectivity index (χ2n) is 4.52. The number of hydrogen-bond donors (Lipinski definition) is 1. The van der Waals surface area contributed by atoms with Gasteiger partial charge >= 0.3 is 5.97 Å². The molecule has 2 rings (SSSR count). The maximum Gasteiger partial charge on any atom is 0.328 e. The number of ether oxygens (including phenoxy) is 1. The smallest absolute Gasteiger partial charge is 0.328 e. The molecule has 1 atom stereocenters. The Balaban J connectivity index is 2.20. The van der Waals surface area contributed by atoms with E-state index in [9.17, 15) is 4.79 Å². The third-order valence-electron chi connectivity index (χ3n) is 2.90. The third-order valence-corrected chi connectivity index (χ3v) is 2.90. The summed E-state index contributed by atoms with van der Waals surface area (Å²) in [6, 6.07) is 3.70. The van der Waals surface area contributed by atoms with Gasteiger partial charge in [0, 0.05) is 11.8 Å². The van der Waals surface area contributed by atoms with E-state index in [1.165, 1.54) is 6.08 Å². The Kier molecular flexibility index (Phi) is 4.34. The molecule has 1 N–H and O–H groups in total. The van der Waals surface area contributed by atoms with E-state index in [0.29, 0.717) is 11.4 Å². The summed E-state index contributed by atoms with van der Waals surface area (Å²) in [6.07, 6.45) is 9.94. The largest absolute Gasteiger partial charge is 0.484 e. The highest BCUT2D eigenvalue weighted by molar-refractivity contribution is 5.85. The molecule has 1 aromatic rings. The number of pyridine rings is 1. The summed E-state index contributed by atoms with van der Waals surface area (Å²) in [5, 5.41) is 8.69. The van der Waals surface area contributed by atoms with E-state index in [4.69, 9.17) is 9.84 Å². The van der Waals surface area contributed by atoms with Crippen LogP contribution in [0.5, 0.6) is 5.75 Å². The van der Waals surface area contributed by atoms with Gasteiger partial charge in [-0.25, -0.2) is 9.78 Å². The van der Waals surface area contributed by atoms with Crippen molar-refractivity contribution in [3.8, 4) is 5.75 Å². The molecule has 0 saturated heterocycles. The first-order valence-corrected chi connectivity index (χ1v) is 6.37. The first-order chi connectivity index (χ1) is 9.15. The van der Waals surface area contributed by atoms with Crippen LogP contribution in [0.2, 0.25) is 0 Å². The zero-order valence-electron chi connectivity index (χ0n) is 10.9. The van der Waals surface area contributed by atoms with Gasteiger partial charge in [-0.1, -0.05) is 6.08 Å². The lowest BCUT2D eigenvalue weighted by atomic mass is 10.1. The van der Waals surface area contributed by atoms with Crippen molar-refractivity contribution in [2.75, 3.05) is 0 Å². The maximum atomic E-state index is 10.6. The van der Waals surface area contributed by atoms with E-state index in [1.807, 2.05) is 25.1 Å². The van der Waals surface area contributed by atoms with Crippen LogP contribution >= 0.6 is 0 Å². The van der Waals surface area contributed by atoms with Crippen LogP contribution < -0.4 is 4.74 Å². The van der Waals surface area contributed by atoms with E-state index >= 15 is 0 Å². The molecule has 1 aliphatic rings. The molecule has 0 saturated carbocycles. The lowest BCUT2D eigenvalue weighted by molar-refractivity contribution is -0.131. The lowest BCUT2D eigenvalue weighted by Gasteiger charge is -2.19. The van der Waals surface area contributed by atoms with Crippen molar-refractivity contribution in [1.82, 2.24) is 4.98 Å². The lowest BCUT2D eigenvalue weighted by Crippen LogP contribution is -2.16. The van der Waals surface area contributed by atoms with Gasteiger partial charge in [0.2, 0.25) is 0 Å². The van der Waals surface area contributed by atoms with Crippen molar-refractivity contribution >= 4 is 12.0 Å². The van der Waals surface area contributed by atoms with E-state index in [-0.39, 0.29) is 6.10 Å². The fraction of sp³-hybridized carbons (Fsp3) is 0.333. The number of nitrogens with zero attached hydrogens (tertiary/aromatic N) is 1. The Morgan fingerprint density at radius 3 is 3.05 bits per heavy atom. The molecule has 19 heavy (non-hydrogen) atoms.